The molecule has 1 heterocycles. The Balaban J connectivity index is 1.82. The fourth-order valence-corrected chi connectivity index (χ4v) is 2.29. The molecule has 0 spiro atoms. The van der Waals surface area contributed by atoms with Crippen LogP contribution in [0.1, 0.15) is 24.8 Å². The van der Waals surface area contributed by atoms with E-state index < -0.39 is 6.67 Å². The standard InChI is InChI=1S/C15H17ClFNO/c16-14-11-12(6-7-15(14)19-10-8-17)3-1-4-13-5-2-9-18-13/h2,6-7,9,11H,1,3-5,8,10H2. The van der Waals surface area contributed by atoms with E-state index in [1.54, 1.807) is 0 Å². The molecule has 0 bridgehead atoms. The van der Waals surface area contributed by atoms with Gasteiger partial charge in [-0.3, -0.25) is 4.99 Å². The van der Waals surface area contributed by atoms with Crippen LogP contribution in [0.3, 0.4) is 0 Å². The number of hydrogen-bond acceptors (Lipinski definition) is 2. The van der Waals surface area contributed by atoms with Crippen molar-refractivity contribution in [2.45, 2.75) is 25.7 Å². The van der Waals surface area contributed by atoms with Gasteiger partial charge in [0.1, 0.15) is 19.0 Å². The van der Waals surface area contributed by atoms with E-state index in [9.17, 15) is 4.39 Å². The Kier molecular flexibility index (Phi) is 5.40. The molecule has 0 unspecified atom stereocenters. The maximum atomic E-state index is 12.0. The minimum absolute atomic E-state index is 0.0475. The van der Waals surface area contributed by atoms with Gasteiger partial charge in [0.25, 0.3) is 0 Å². The number of aryl methyl sites for hydroxylation is 1. The van der Waals surface area contributed by atoms with E-state index in [1.165, 1.54) is 11.3 Å². The number of benzene rings is 1. The fraction of sp³-hybridized carbons (Fsp3) is 0.400. The van der Waals surface area contributed by atoms with E-state index in [1.807, 2.05) is 24.4 Å². The van der Waals surface area contributed by atoms with Crippen molar-refractivity contribution < 1.29 is 9.13 Å². The minimum atomic E-state index is -0.506. The van der Waals surface area contributed by atoms with Crippen LogP contribution in [0.4, 0.5) is 4.39 Å². The molecule has 0 aliphatic carbocycles. The average molecular weight is 282 g/mol. The van der Waals surface area contributed by atoms with Crippen molar-refractivity contribution in [3.63, 3.8) is 0 Å². The van der Waals surface area contributed by atoms with Gasteiger partial charge < -0.3 is 4.74 Å². The van der Waals surface area contributed by atoms with Gasteiger partial charge in [-0.05, 0) is 37.0 Å². The van der Waals surface area contributed by atoms with Crippen LogP contribution in [0, 0.1) is 0 Å². The van der Waals surface area contributed by atoms with E-state index in [0.29, 0.717) is 10.8 Å². The Morgan fingerprint density at radius 1 is 1.32 bits per heavy atom. The average Bonchev–Trinajstić information content (AvgIpc) is 2.91. The quantitative estimate of drug-likeness (QED) is 0.727. The number of nitrogens with zero attached hydrogens (tertiary/aromatic N) is 1. The molecule has 0 N–H and O–H groups in total. The topological polar surface area (TPSA) is 21.6 Å². The van der Waals surface area contributed by atoms with Crippen LogP contribution in [0.15, 0.2) is 35.5 Å². The van der Waals surface area contributed by atoms with Gasteiger partial charge in [0.05, 0.1) is 5.02 Å². The molecule has 1 aliphatic rings. The van der Waals surface area contributed by atoms with Gasteiger partial charge in [-0.15, -0.1) is 0 Å². The third-order valence-electron chi connectivity index (χ3n) is 2.98. The number of allylic oxidation sites excluding steroid dienone is 1. The lowest BCUT2D eigenvalue weighted by Crippen LogP contribution is -2.00. The van der Waals surface area contributed by atoms with Gasteiger partial charge >= 0.3 is 0 Å². The van der Waals surface area contributed by atoms with Crippen molar-refractivity contribution in [1.82, 2.24) is 0 Å². The summed E-state index contributed by atoms with van der Waals surface area (Å²) in [6.45, 7) is -0.458. The summed E-state index contributed by atoms with van der Waals surface area (Å²) in [5.74, 6) is 0.549. The number of hydrogen-bond donors (Lipinski definition) is 0. The third kappa shape index (κ3) is 4.35. The molecule has 1 aromatic carbocycles. The highest BCUT2D eigenvalue weighted by Gasteiger charge is 2.05. The molecule has 102 valence electrons. The lowest BCUT2D eigenvalue weighted by Gasteiger charge is -2.08. The summed E-state index contributed by atoms with van der Waals surface area (Å²) >= 11 is 6.09. The Bertz CT molecular complexity index is 485. The highest BCUT2D eigenvalue weighted by Crippen LogP contribution is 2.26. The van der Waals surface area contributed by atoms with Crippen LogP contribution in [0.5, 0.6) is 5.75 Å². The predicted octanol–water partition coefficient (Wildman–Crippen LogP) is 4.37. The summed E-state index contributed by atoms with van der Waals surface area (Å²) in [5, 5.41) is 0.547. The molecule has 0 atom stereocenters. The molecular weight excluding hydrogens is 265 g/mol. The van der Waals surface area contributed by atoms with E-state index in [4.69, 9.17) is 16.3 Å². The summed E-state index contributed by atoms with van der Waals surface area (Å²) < 4.78 is 17.2. The van der Waals surface area contributed by atoms with Gasteiger partial charge in [0, 0.05) is 18.3 Å². The van der Waals surface area contributed by atoms with Crippen LogP contribution in [-0.4, -0.2) is 19.0 Å². The molecule has 0 amide bonds. The molecule has 19 heavy (non-hydrogen) atoms. The van der Waals surface area contributed by atoms with Crippen molar-refractivity contribution >= 4 is 17.3 Å². The van der Waals surface area contributed by atoms with Crippen LogP contribution in [0.25, 0.3) is 0 Å². The van der Waals surface area contributed by atoms with Gasteiger partial charge in [-0.2, -0.15) is 0 Å². The molecular formula is C15H17ClFNO. The molecule has 4 heteroatoms. The Morgan fingerprint density at radius 3 is 2.89 bits per heavy atom. The van der Waals surface area contributed by atoms with Crippen molar-refractivity contribution in [2.24, 2.45) is 4.99 Å². The first-order valence-electron chi connectivity index (χ1n) is 6.47. The van der Waals surface area contributed by atoms with E-state index in [2.05, 4.69) is 11.1 Å². The van der Waals surface area contributed by atoms with E-state index >= 15 is 0 Å². The SMILES string of the molecule is FCCOc1ccc(CCCC2=NC=CC2)cc1Cl. The normalized spacial score (nSPS) is 13.7. The number of ether oxygens (including phenoxy) is 1. The molecule has 0 saturated heterocycles. The second-order valence-corrected chi connectivity index (χ2v) is 4.85. The molecule has 1 aliphatic heterocycles. The molecule has 0 radical (unpaired) electrons. The van der Waals surface area contributed by atoms with Crippen LogP contribution in [0.2, 0.25) is 5.02 Å². The molecule has 0 fully saturated rings. The highest BCUT2D eigenvalue weighted by atomic mass is 35.5. The monoisotopic (exact) mass is 281 g/mol. The maximum Gasteiger partial charge on any atom is 0.138 e. The van der Waals surface area contributed by atoms with Crippen molar-refractivity contribution in [2.75, 3.05) is 13.3 Å². The van der Waals surface area contributed by atoms with Gasteiger partial charge in [0.15, 0.2) is 0 Å². The number of rotatable bonds is 7. The van der Waals surface area contributed by atoms with Crippen molar-refractivity contribution in [3.8, 4) is 5.75 Å². The van der Waals surface area contributed by atoms with Gasteiger partial charge in [0.2, 0.25) is 0 Å². The lowest BCUT2D eigenvalue weighted by molar-refractivity contribution is 0.273. The Morgan fingerprint density at radius 2 is 2.21 bits per heavy atom. The van der Waals surface area contributed by atoms with Crippen LogP contribution >= 0.6 is 11.6 Å². The van der Waals surface area contributed by atoms with Gasteiger partial charge in [-0.25, -0.2) is 4.39 Å². The minimum Gasteiger partial charge on any atom is -0.489 e. The Labute approximate surface area is 117 Å². The number of alkyl halides is 1. The fourth-order valence-electron chi connectivity index (χ4n) is 2.03. The smallest absolute Gasteiger partial charge is 0.138 e. The van der Waals surface area contributed by atoms with E-state index in [-0.39, 0.29) is 6.61 Å². The number of halogens is 2. The maximum absolute atomic E-state index is 12.0. The third-order valence-corrected chi connectivity index (χ3v) is 3.27. The van der Waals surface area contributed by atoms with Crippen LogP contribution < -0.4 is 4.74 Å². The largest absolute Gasteiger partial charge is 0.489 e. The molecule has 0 saturated carbocycles. The van der Waals surface area contributed by atoms with Crippen LogP contribution in [-0.2, 0) is 6.42 Å². The zero-order chi connectivity index (χ0) is 13.5. The second kappa shape index (κ2) is 7.29. The first kappa shape index (κ1) is 14.1. The highest BCUT2D eigenvalue weighted by molar-refractivity contribution is 6.32. The first-order valence-corrected chi connectivity index (χ1v) is 6.85. The van der Waals surface area contributed by atoms with Gasteiger partial charge in [-0.1, -0.05) is 23.7 Å². The predicted molar refractivity (Wildman–Crippen MR) is 77.1 cm³/mol. The molecule has 1 aromatic rings. The molecule has 2 rings (SSSR count). The molecule has 2 nitrogen and oxygen atoms in total. The first-order chi connectivity index (χ1) is 9.29. The number of aliphatic imine (C=N–C) groups is 1. The Hall–Kier alpha value is -1.35. The van der Waals surface area contributed by atoms with E-state index in [0.717, 1.165) is 25.7 Å². The molecule has 0 aromatic heterocycles. The zero-order valence-electron chi connectivity index (χ0n) is 10.7. The van der Waals surface area contributed by atoms with Crippen molar-refractivity contribution in [1.29, 1.82) is 0 Å². The summed E-state index contributed by atoms with van der Waals surface area (Å²) in [6, 6.07) is 5.68. The summed E-state index contributed by atoms with van der Waals surface area (Å²) in [7, 11) is 0. The summed E-state index contributed by atoms with van der Waals surface area (Å²) in [5.41, 5.74) is 2.41. The zero-order valence-corrected chi connectivity index (χ0v) is 11.5. The summed E-state index contributed by atoms with van der Waals surface area (Å²) in [6.07, 6.45) is 7.96. The second-order valence-electron chi connectivity index (χ2n) is 4.44. The van der Waals surface area contributed by atoms with Crippen molar-refractivity contribution in [3.05, 3.63) is 41.1 Å². The lowest BCUT2D eigenvalue weighted by atomic mass is 10.1. The summed E-state index contributed by atoms with van der Waals surface area (Å²) in [4.78, 5) is 4.29.